The minimum absolute atomic E-state index is 0.239. The molecule has 2 fully saturated rings. The first-order chi connectivity index (χ1) is 13.4. The number of halogens is 2. The summed E-state index contributed by atoms with van der Waals surface area (Å²) < 4.78 is 0. The molecule has 0 saturated carbocycles. The van der Waals surface area contributed by atoms with Crippen LogP contribution in [0.3, 0.4) is 0 Å². The summed E-state index contributed by atoms with van der Waals surface area (Å²) in [4.78, 5) is 39.0. The molecule has 0 radical (unpaired) electrons. The molecule has 2 aromatic rings. The molecule has 2 saturated heterocycles. The molecule has 0 aromatic heterocycles. The van der Waals surface area contributed by atoms with Gasteiger partial charge in [-0.3, -0.25) is 15.0 Å². The lowest BCUT2D eigenvalue weighted by atomic mass is 9.86. The van der Waals surface area contributed by atoms with E-state index in [0.29, 0.717) is 15.6 Å². The molecule has 144 valence electrons. The number of carbonyl (C=O) groups is 3. The molecular formula is C19H16Cl2N4O3. The van der Waals surface area contributed by atoms with E-state index >= 15 is 0 Å². The summed E-state index contributed by atoms with van der Waals surface area (Å²) in [5, 5.41) is 8.61. The Morgan fingerprint density at radius 2 is 1.71 bits per heavy atom. The lowest BCUT2D eigenvalue weighted by Gasteiger charge is -2.46. The van der Waals surface area contributed by atoms with Gasteiger partial charge in [-0.05, 0) is 23.3 Å². The van der Waals surface area contributed by atoms with Crippen LogP contribution in [0.2, 0.25) is 10.0 Å². The third kappa shape index (κ3) is 3.39. The van der Waals surface area contributed by atoms with Crippen molar-refractivity contribution in [2.75, 3.05) is 0 Å². The fourth-order valence-corrected chi connectivity index (χ4v) is 4.13. The summed E-state index contributed by atoms with van der Waals surface area (Å²) >= 11 is 12.3. The number of amides is 5. The zero-order chi connectivity index (χ0) is 19.8. The van der Waals surface area contributed by atoms with Gasteiger partial charge in [0.05, 0.1) is 6.04 Å². The van der Waals surface area contributed by atoms with Gasteiger partial charge in [-0.25, -0.2) is 9.59 Å². The molecule has 2 aromatic carbocycles. The summed E-state index contributed by atoms with van der Waals surface area (Å²) in [6.45, 7) is 0.239. The minimum Gasteiger partial charge on any atom is -0.330 e. The van der Waals surface area contributed by atoms with E-state index in [4.69, 9.17) is 23.2 Å². The first-order valence-corrected chi connectivity index (χ1v) is 9.37. The van der Waals surface area contributed by atoms with E-state index in [-0.39, 0.29) is 6.54 Å². The van der Waals surface area contributed by atoms with Crippen molar-refractivity contribution in [1.82, 2.24) is 20.9 Å². The Bertz CT molecular complexity index is 953. The van der Waals surface area contributed by atoms with Gasteiger partial charge >= 0.3 is 12.1 Å². The van der Waals surface area contributed by atoms with Crippen LogP contribution < -0.4 is 16.0 Å². The zero-order valence-electron chi connectivity index (χ0n) is 14.5. The van der Waals surface area contributed by atoms with Crippen LogP contribution in [0.1, 0.15) is 17.2 Å². The van der Waals surface area contributed by atoms with Crippen molar-refractivity contribution >= 4 is 41.2 Å². The van der Waals surface area contributed by atoms with E-state index in [1.165, 1.54) is 4.90 Å². The third-order valence-corrected chi connectivity index (χ3v) is 5.45. The second kappa shape index (κ2) is 7.33. The first kappa shape index (κ1) is 18.6. The number of nitrogens with one attached hydrogen (secondary N) is 3. The molecule has 0 bridgehead atoms. The zero-order valence-corrected chi connectivity index (χ0v) is 16.0. The predicted octanol–water partition coefficient (Wildman–Crippen LogP) is 3.04. The molecule has 4 rings (SSSR count). The molecule has 0 aliphatic carbocycles. The Labute approximate surface area is 171 Å². The maximum absolute atomic E-state index is 12.7. The van der Waals surface area contributed by atoms with Gasteiger partial charge in [0.15, 0.2) is 0 Å². The largest absolute Gasteiger partial charge is 0.330 e. The number of nitrogens with zero attached hydrogens (tertiary/aromatic N) is 1. The fourth-order valence-electron chi connectivity index (χ4n) is 3.61. The number of hydrogen-bond acceptors (Lipinski definition) is 3. The second-order valence-electron chi connectivity index (χ2n) is 6.64. The number of imide groups is 1. The summed E-state index contributed by atoms with van der Waals surface area (Å²) in [5.41, 5.74) is 1.43. The smallest absolute Gasteiger partial charge is 0.326 e. The van der Waals surface area contributed by atoms with E-state index in [1.54, 1.807) is 18.2 Å². The van der Waals surface area contributed by atoms with Crippen molar-refractivity contribution in [3.8, 4) is 0 Å². The third-order valence-electron chi connectivity index (χ3n) is 4.89. The topological polar surface area (TPSA) is 90.5 Å². The Hall–Kier alpha value is -2.77. The fraction of sp³-hybridized carbons (Fsp3) is 0.211. The molecule has 3 unspecified atom stereocenters. The van der Waals surface area contributed by atoms with E-state index in [9.17, 15) is 14.4 Å². The van der Waals surface area contributed by atoms with Crippen LogP contribution in [-0.4, -0.2) is 29.0 Å². The van der Waals surface area contributed by atoms with Crippen molar-refractivity contribution in [2.45, 2.75) is 18.8 Å². The van der Waals surface area contributed by atoms with Gasteiger partial charge < -0.3 is 10.6 Å². The van der Waals surface area contributed by atoms with Crippen LogP contribution >= 0.6 is 23.2 Å². The molecule has 2 aliphatic rings. The molecule has 3 N–H and O–H groups in total. The van der Waals surface area contributed by atoms with Gasteiger partial charge in [0, 0.05) is 16.6 Å². The maximum Gasteiger partial charge on any atom is 0.326 e. The van der Waals surface area contributed by atoms with Gasteiger partial charge in [-0.15, -0.1) is 0 Å². The number of fused-ring (bicyclic) bond motifs is 1. The minimum atomic E-state index is -0.813. The molecule has 7 nitrogen and oxygen atoms in total. The van der Waals surface area contributed by atoms with Gasteiger partial charge in [0.2, 0.25) is 5.91 Å². The van der Waals surface area contributed by atoms with Crippen LogP contribution in [0, 0.1) is 5.92 Å². The van der Waals surface area contributed by atoms with Gasteiger partial charge in [-0.1, -0.05) is 59.6 Å². The number of urea groups is 2. The highest BCUT2D eigenvalue weighted by Gasteiger charge is 2.50. The second-order valence-corrected chi connectivity index (χ2v) is 7.48. The van der Waals surface area contributed by atoms with Crippen molar-refractivity contribution < 1.29 is 14.4 Å². The predicted molar refractivity (Wildman–Crippen MR) is 104 cm³/mol. The monoisotopic (exact) mass is 418 g/mol. The van der Waals surface area contributed by atoms with Crippen LogP contribution in [-0.2, 0) is 11.3 Å². The molecule has 28 heavy (non-hydrogen) atoms. The van der Waals surface area contributed by atoms with E-state index < -0.39 is 36.1 Å². The van der Waals surface area contributed by atoms with Gasteiger partial charge in [0.1, 0.15) is 12.1 Å². The number of carbonyl (C=O) groups excluding carboxylic acids is 3. The van der Waals surface area contributed by atoms with Crippen LogP contribution in [0.15, 0.2) is 48.5 Å². The van der Waals surface area contributed by atoms with Crippen LogP contribution in [0.4, 0.5) is 9.59 Å². The van der Waals surface area contributed by atoms with E-state index in [2.05, 4.69) is 16.0 Å². The molecule has 3 atom stereocenters. The summed E-state index contributed by atoms with van der Waals surface area (Å²) in [7, 11) is 0. The lowest BCUT2D eigenvalue weighted by molar-refractivity contribution is -0.130. The van der Waals surface area contributed by atoms with Crippen molar-refractivity contribution in [2.24, 2.45) is 5.92 Å². The summed E-state index contributed by atoms with van der Waals surface area (Å²) in [5.74, 6) is -1.25. The van der Waals surface area contributed by atoms with Gasteiger partial charge in [0.25, 0.3) is 0 Å². The molecule has 2 heterocycles. The van der Waals surface area contributed by atoms with Crippen LogP contribution in [0.25, 0.3) is 0 Å². The lowest BCUT2D eigenvalue weighted by Crippen LogP contribution is -2.71. The molecule has 5 amide bonds. The van der Waals surface area contributed by atoms with E-state index in [1.807, 2.05) is 30.3 Å². The average Bonchev–Trinajstić information content (AvgIpc) is 2.65. The highest BCUT2D eigenvalue weighted by atomic mass is 35.5. The summed E-state index contributed by atoms with van der Waals surface area (Å²) in [6.07, 6.45) is -0.813. The maximum atomic E-state index is 12.7. The standard InChI is InChI=1S/C19H16Cl2N4O3/c20-11-6-7-12(13(21)8-11)15-14-16(23-18(27)22-15)25(19(28)24-17(14)26)9-10-4-2-1-3-5-10/h1-8,14-16H,9H2,(H2,22,23,27)(H,24,26,28). The van der Waals surface area contributed by atoms with Crippen molar-refractivity contribution in [1.29, 1.82) is 0 Å². The summed E-state index contributed by atoms with van der Waals surface area (Å²) in [6, 6.07) is 12.4. The average molecular weight is 419 g/mol. The van der Waals surface area contributed by atoms with E-state index in [0.717, 1.165) is 5.56 Å². The van der Waals surface area contributed by atoms with Crippen molar-refractivity contribution in [3.05, 3.63) is 69.7 Å². The van der Waals surface area contributed by atoms with Crippen LogP contribution in [0.5, 0.6) is 0 Å². The SMILES string of the molecule is O=C1NC(c2ccc(Cl)cc2Cl)C2C(=O)NC(=O)N(Cc3ccccc3)C2N1. The highest BCUT2D eigenvalue weighted by molar-refractivity contribution is 6.35. The quantitative estimate of drug-likeness (QED) is 0.715. The molecule has 0 spiro atoms. The number of benzene rings is 2. The normalized spacial score (nSPS) is 24.1. The highest BCUT2D eigenvalue weighted by Crippen LogP contribution is 2.36. The Balaban J connectivity index is 1.71. The number of hydrogen-bond donors (Lipinski definition) is 3. The molecule has 9 heteroatoms. The Kier molecular flexibility index (Phi) is 4.87. The molecular weight excluding hydrogens is 403 g/mol. The Morgan fingerprint density at radius 1 is 0.964 bits per heavy atom. The van der Waals surface area contributed by atoms with Crippen molar-refractivity contribution in [3.63, 3.8) is 0 Å². The van der Waals surface area contributed by atoms with Gasteiger partial charge in [-0.2, -0.15) is 0 Å². The molecule has 2 aliphatic heterocycles. The number of rotatable bonds is 3. The Morgan fingerprint density at radius 3 is 2.43 bits per heavy atom. The first-order valence-electron chi connectivity index (χ1n) is 8.61.